The third-order valence-corrected chi connectivity index (χ3v) is 5.87. The lowest BCUT2D eigenvalue weighted by Crippen LogP contribution is -2.48. The Morgan fingerprint density at radius 2 is 1.93 bits per heavy atom. The Morgan fingerprint density at radius 1 is 1.15 bits per heavy atom. The van der Waals surface area contributed by atoms with E-state index >= 15 is 0 Å². The number of piperazine rings is 1. The van der Waals surface area contributed by atoms with E-state index in [9.17, 15) is 4.79 Å². The van der Waals surface area contributed by atoms with E-state index < -0.39 is 0 Å². The molecule has 0 spiro atoms. The van der Waals surface area contributed by atoms with Crippen LogP contribution in [0.15, 0.2) is 24.5 Å². The first-order valence-electron chi connectivity index (χ1n) is 8.84. The van der Waals surface area contributed by atoms with Crippen LogP contribution >= 0.6 is 11.3 Å². The molecule has 27 heavy (non-hydrogen) atoms. The fourth-order valence-corrected chi connectivity index (χ4v) is 4.31. The van der Waals surface area contributed by atoms with Gasteiger partial charge in [0.2, 0.25) is 5.88 Å². The summed E-state index contributed by atoms with van der Waals surface area (Å²) in [6.07, 6.45) is 1.51. The van der Waals surface area contributed by atoms with E-state index in [4.69, 9.17) is 4.74 Å². The summed E-state index contributed by atoms with van der Waals surface area (Å²) in [5.41, 5.74) is 2.77. The first-order valence-corrected chi connectivity index (χ1v) is 9.65. The molecule has 2 aromatic heterocycles. The van der Waals surface area contributed by atoms with E-state index in [1.54, 1.807) is 7.11 Å². The molecule has 1 amide bonds. The molecule has 0 saturated carbocycles. The highest BCUT2D eigenvalue weighted by atomic mass is 32.1. The van der Waals surface area contributed by atoms with Crippen LogP contribution in [0.1, 0.15) is 20.4 Å². The zero-order valence-corrected chi connectivity index (χ0v) is 16.4. The number of aromatic nitrogens is 3. The first kappa shape index (κ1) is 17.7. The highest BCUT2D eigenvalue weighted by Gasteiger charge is 2.25. The minimum absolute atomic E-state index is 0.0892. The summed E-state index contributed by atoms with van der Waals surface area (Å²) in [6, 6.07) is 6.10. The van der Waals surface area contributed by atoms with Crippen LogP contribution < -0.4 is 9.64 Å². The van der Waals surface area contributed by atoms with E-state index in [0.717, 1.165) is 45.3 Å². The normalized spacial score (nSPS) is 14.6. The van der Waals surface area contributed by atoms with Crippen LogP contribution in [0.4, 0.5) is 5.69 Å². The van der Waals surface area contributed by atoms with Gasteiger partial charge in [0.15, 0.2) is 0 Å². The number of rotatable bonds is 3. The van der Waals surface area contributed by atoms with Gasteiger partial charge >= 0.3 is 0 Å². The lowest BCUT2D eigenvalue weighted by atomic mass is 10.2. The molecule has 3 aromatic rings. The molecular formula is C19H21N5O2S. The summed E-state index contributed by atoms with van der Waals surface area (Å²) in [5, 5.41) is 1.83. The molecule has 0 unspecified atom stereocenters. The van der Waals surface area contributed by atoms with Crippen molar-refractivity contribution >= 4 is 33.8 Å². The number of amides is 1. The van der Waals surface area contributed by atoms with Crippen LogP contribution in [0.25, 0.3) is 10.9 Å². The van der Waals surface area contributed by atoms with Gasteiger partial charge in [-0.2, -0.15) is 0 Å². The maximum absolute atomic E-state index is 12.8. The zero-order chi connectivity index (χ0) is 19.0. The summed E-state index contributed by atoms with van der Waals surface area (Å²) in [6.45, 7) is 6.78. The van der Waals surface area contributed by atoms with Crippen molar-refractivity contribution in [3.63, 3.8) is 0 Å². The van der Waals surface area contributed by atoms with E-state index in [1.165, 1.54) is 17.7 Å². The Labute approximate surface area is 161 Å². The first-order chi connectivity index (χ1) is 13.1. The molecule has 140 valence electrons. The molecule has 0 atom stereocenters. The number of carbonyl (C=O) groups is 1. The number of anilines is 1. The van der Waals surface area contributed by atoms with Crippen molar-refractivity contribution in [2.24, 2.45) is 0 Å². The van der Waals surface area contributed by atoms with Crippen LogP contribution in [0.2, 0.25) is 0 Å². The van der Waals surface area contributed by atoms with Crippen molar-refractivity contribution in [3.8, 4) is 5.88 Å². The average molecular weight is 383 g/mol. The Balaban J connectivity index is 1.50. The maximum atomic E-state index is 12.8. The summed E-state index contributed by atoms with van der Waals surface area (Å²) in [7, 11) is 1.61. The maximum Gasteiger partial charge on any atom is 0.265 e. The smallest absolute Gasteiger partial charge is 0.265 e. The summed E-state index contributed by atoms with van der Waals surface area (Å²) in [5.74, 6) is 0.665. The van der Waals surface area contributed by atoms with Crippen LogP contribution in [-0.2, 0) is 0 Å². The fraction of sp³-hybridized carbons (Fsp3) is 0.368. The second kappa shape index (κ2) is 7.11. The van der Waals surface area contributed by atoms with Gasteiger partial charge in [-0.1, -0.05) is 0 Å². The molecule has 4 rings (SSSR count). The SMILES string of the molecule is COc1ncnc2ccc(N3CCN(C(=O)c4sc(C)nc4C)CC3)cc12. The van der Waals surface area contributed by atoms with Gasteiger partial charge in [0.25, 0.3) is 5.91 Å². The standard InChI is InChI=1S/C19H21N5O2S/c1-12-17(27-13(2)22-12)19(25)24-8-6-23(7-9-24)14-4-5-16-15(10-14)18(26-3)21-11-20-16/h4-5,10-11H,6-9H2,1-3H3. The second-order valence-electron chi connectivity index (χ2n) is 6.51. The van der Waals surface area contributed by atoms with Gasteiger partial charge in [0.05, 0.1) is 28.7 Å². The molecule has 1 fully saturated rings. The zero-order valence-electron chi connectivity index (χ0n) is 15.6. The van der Waals surface area contributed by atoms with Gasteiger partial charge in [-0.25, -0.2) is 15.0 Å². The van der Waals surface area contributed by atoms with Crippen molar-refractivity contribution < 1.29 is 9.53 Å². The highest BCUT2D eigenvalue weighted by Crippen LogP contribution is 2.27. The van der Waals surface area contributed by atoms with Gasteiger partial charge in [-0.05, 0) is 32.0 Å². The Kier molecular flexibility index (Phi) is 4.65. The fourth-order valence-electron chi connectivity index (χ4n) is 3.42. The quantitative estimate of drug-likeness (QED) is 0.692. The Bertz CT molecular complexity index is 995. The van der Waals surface area contributed by atoms with Crippen LogP contribution in [0, 0.1) is 13.8 Å². The summed E-state index contributed by atoms with van der Waals surface area (Å²) < 4.78 is 5.35. The number of ether oxygens (including phenoxy) is 1. The number of thiazole rings is 1. The second-order valence-corrected chi connectivity index (χ2v) is 7.71. The average Bonchev–Trinajstić information content (AvgIpc) is 3.04. The molecule has 0 bridgehead atoms. The molecule has 8 heteroatoms. The van der Waals surface area contributed by atoms with Crippen molar-refractivity contribution in [2.45, 2.75) is 13.8 Å². The molecule has 1 aliphatic rings. The van der Waals surface area contributed by atoms with Gasteiger partial charge in [-0.3, -0.25) is 4.79 Å². The van der Waals surface area contributed by atoms with E-state index in [0.29, 0.717) is 19.0 Å². The number of hydrogen-bond acceptors (Lipinski definition) is 7. The van der Waals surface area contributed by atoms with Crippen molar-refractivity contribution in [1.82, 2.24) is 19.9 Å². The number of fused-ring (bicyclic) bond motifs is 1. The number of hydrogen-bond donors (Lipinski definition) is 0. The number of nitrogens with zero attached hydrogens (tertiary/aromatic N) is 5. The molecular weight excluding hydrogens is 362 g/mol. The van der Waals surface area contributed by atoms with E-state index in [2.05, 4.69) is 32.0 Å². The minimum atomic E-state index is 0.0892. The number of methoxy groups -OCH3 is 1. The Morgan fingerprint density at radius 3 is 2.59 bits per heavy atom. The largest absolute Gasteiger partial charge is 0.480 e. The predicted octanol–water partition coefficient (Wildman–Crippen LogP) is 2.67. The van der Waals surface area contributed by atoms with Crippen molar-refractivity contribution in [1.29, 1.82) is 0 Å². The predicted molar refractivity (Wildman–Crippen MR) is 106 cm³/mol. The summed E-state index contributed by atoms with van der Waals surface area (Å²) in [4.78, 5) is 30.6. The molecule has 0 radical (unpaired) electrons. The van der Waals surface area contributed by atoms with Crippen molar-refractivity contribution in [2.75, 3.05) is 38.2 Å². The number of benzene rings is 1. The van der Waals surface area contributed by atoms with Crippen LogP contribution in [0.5, 0.6) is 5.88 Å². The Hall–Kier alpha value is -2.74. The van der Waals surface area contributed by atoms with E-state index in [-0.39, 0.29) is 5.91 Å². The van der Waals surface area contributed by atoms with Crippen LogP contribution in [0.3, 0.4) is 0 Å². The molecule has 0 N–H and O–H groups in total. The lowest BCUT2D eigenvalue weighted by Gasteiger charge is -2.36. The van der Waals surface area contributed by atoms with Gasteiger partial charge in [0.1, 0.15) is 11.2 Å². The molecule has 1 aliphatic heterocycles. The number of carbonyl (C=O) groups excluding carboxylic acids is 1. The molecule has 7 nitrogen and oxygen atoms in total. The third-order valence-electron chi connectivity index (χ3n) is 4.81. The topological polar surface area (TPSA) is 71.5 Å². The minimum Gasteiger partial charge on any atom is -0.480 e. The van der Waals surface area contributed by atoms with Gasteiger partial charge in [0, 0.05) is 31.9 Å². The number of aryl methyl sites for hydroxylation is 2. The van der Waals surface area contributed by atoms with Gasteiger partial charge < -0.3 is 14.5 Å². The van der Waals surface area contributed by atoms with Gasteiger partial charge in [-0.15, -0.1) is 11.3 Å². The molecule has 3 heterocycles. The summed E-state index contributed by atoms with van der Waals surface area (Å²) >= 11 is 1.48. The van der Waals surface area contributed by atoms with E-state index in [1.807, 2.05) is 24.8 Å². The highest BCUT2D eigenvalue weighted by molar-refractivity contribution is 7.13. The lowest BCUT2D eigenvalue weighted by molar-refractivity contribution is 0.0750. The van der Waals surface area contributed by atoms with Crippen LogP contribution in [-0.4, -0.2) is 59.0 Å². The monoisotopic (exact) mass is 383 g/mol. The third kappa shape index (κ3) is 3.32. The molecule has 1 aromatic carbocycles. The molecule has 0 aliphatic carbocycles. The van der Waals surface area contributed by atoms with Crippen molar-refractivity contribution in [3.05, 3.63) is 40.1 Å². The molecule has 1 saturated heterocycles.